The molecular weight excluding hydrogens is 385 g/mol. The maximum Gasteiger partial charge on any atom is 0.350 e. The van der Waals surface area contributed by atoms with E-state index in [2.05, 4.69) is 20.3 Å². The van der Waals surface area contributed by atoms with Crippen molar-refractivity contribution in [2.24, 2.45) is 5.41 Å². The number of halogens is 1. The van der Waals surface area contributed by atoms with Gasteiger partial charge < -0.3 is 23.5 Å². The molecule has 0 unspecified atom stereocenters. The topological polar surface area (TPSA) is 112 Å². The van der Waals surface area contributed by atoms with Crippen LogP contribution in [0.15, 0.2) is 16.8 Å². The molecule has 29 heavy (non-hydrogen) atoms. The molecular formula is C18H20FN5O5. The second-order valence-electron chi connectivity index (χ2n) is 7.67. The van der Waals surface area contributed by atoms with E-state index in [4.69, 9.17) is 18.6 Å². The predicted octanol–water partition coefficient (Wildman–Crippen LogP) is 1.74. The van der Waals surface area contributed by atoms with E-state index in [0.29, 0.717) is 51.5 Å². The number of nitrogens with one attached hydrogen (secondary N) is 1. The first kappa shape index (κ1) is 18.3. The van der Waals surface area contributed by atoms with E-state index in [0.717, 1.165) is 0 Å². The van der Waals surface area contributed by atoms with Crippen molar-refractivity contribution >= 4 is 17.9 Å². The number of rotatable bonds is 6. The summed E-state index contributed by atoms with van der Waals surface area (Å²) in [4.78, 5) is 26.4. The Labute approximate surface area is 165 Å². The molecule has 0 atom stereocenters. The van der Waals surface area contributed by atoms with Gasteiger partial charge in [-0.2, -0.15) is 9.37 Å². The molecule has 1 saturated heterocycles. The number of carbonyl (C=O) groups is 1. The first-order valence-corrected chi connectivity index (χ1v) is 9.36. The number of ether oxygens (including phenoxy) is 3. The highest BCUT2D eigenvalue weighted by molar-refractivity contribution is 5.96. The van der Waals surface area contributed by atoms with E-state index in [9.17, 15) is 9.18 Å². The van der Waals surface area contributed by atoms with Crippen LogP contribution in [-0.4, -0.2) is 59.9 Å². The fraction of sp³-hybridized carbons (Fsp3) is 0.556. The molecule has 6 rings (SSSR count). The average molecular weight is 405 g/mol. The van der Waals surface area contributed by atoms with Crippen LogP contribution in [0.3, 0.4) is 0 Å². The van der Waals surface area contributed by atoms with Gasteiger partial charge in [-0.1, -0.05) is 0 Å². The molecule has 2 aromatic heterocycles. The molecule has 3 saturated carbocycles. The number of morpholine rings is 1. The van der Waals surface area contributed by atoms with Crippen LogP contribution in [0.4, 0.5) is 16.4 Å². The van der Waals surface area contributed by atoms with Crippen molar-refractivity contribution in [2.75, 3.05) is 43.6 Å². The largest absolute Gasteiger partial charge is 0.419 e. The van der Waals surface area contributed by atoms with Crippen molar-refractivity contribution in [1.29, 1.82) is 0 Å². The van der Waals surface area contributed by atoms with Gasteiger partial charge in [0.2, 0.25) is 11.9 Å². The number of anilines is 2. The maximum absolute atomic E-state index is 14.1. The molecule has 3 heterocycles. The molecule has 4 aliphatic rings. The Kier molecular flexibility index (Phi) is 4.17. The highest BCUT2D eigenvalue weighted by Gasteiger charge is 2.72. The number of hydrogen-bond donors (Lipinski definition) is 1. The second kappa shape index (κ2) is 6.63. The van der Waals surface area contributed by atoms with Crippen LogP contribution in [0.2, 0.25) is 0 Å². The first-order chi connectivity index (χ1) is 14.0. The molecule has 0 spiro atoms. The summed E-state index contributed by atoms with van der Waals surface area (Å²) in [5.74, 6) is -0.949. The average Bonchev–Trinajstić information content (AvgIpc) is 3.00. The molecule has 4 fully saturated rings. The number of carbonyl (C=O) groups excluding carboxylic acids is 1. The lowest BCUT2D eigenvalue weighted by Crippen LogP contribution is -2.72. The fourth-order valence-corrected chi connectivity index (χ4v) is 4.18. The molecule has 2 aromatic rings. The summed E-state index contributed by atoms with van der Waals surface area (Å²) in [6.45, 7) is 2.64. The van der Waals surface area contributed by atoms with Gasteiger partial charge in [0, 0.05) is 20.2 Å². The van der Waals surface area contributed by atoms with Gasteiger partial charge in [0.25, 0.3) is 5.95 Å². The number of methoxy groups -OCH3 is 1. The van der Waals surface area contributed by atoms with E-state index >= 15 is 0 Å². The lowest BCUT2D eigenvalue weighted by Gasteiger charge is -2.67. The predicted molar refractivity (Wildman–Crippen MR) is 96.3 cm³/mol. The lowest BCUT2D eigenvalue weighted by atomic mass is 9.41. The van der Waals surface area contributed by atoms with Crippen LogP contribution < -0.4 is 15.0 Å². The van der Waals surface area contributed by atoms with Crippen molar-refractivity contribution in [1.82, 2.24) is 15.0 Å². The normalized spacial score (nSPS) is 27.7. The monoisotopic (exact) mass is 405 g/mol. The summed E-state index contributed by atoms with van der Waals surface area (Å²) in [5.41, 5.74) is -0.633. The van der Waals surface area contributed by atoms with Crippen LogP contribution in [0.5, 0.6) is 11.7 Å². The number of nitrogens with zero attached hydrogens (tertiary/aromatic N) is 4. The smallest absolute Gasteiger partial charge is 0.350 e. The van der Waals surface area contributed by atoms with E-state index in [1.54, 1.807) is 7.11 Å². The molecule has 0 radical (unpaired) electrons. The van der Waals surface area contributed by atoms with E-state index in [1.807, 2.05) is 4.90 Å². The van der Waals surface area contributed by atoms with Crippen LogP contribution >= 0.6 is 0 Å². The fourth-order valence-electron chi connectivity index (χ4n) is 4.18. The standard InChI is InChI=1S/C18H20FN5O5/c1-26-18-8-17(9-18,10-18)14(25)23-16-22-12(19)13(29-16)28-11-6-20-15(21-7-11)24-2-4-27-5-3-24/h6-7H,2-5,8-10H2,1H3,(H,22,23,25). The SMILES string of the molecule is COC12CC(C(=O)Nc3nc(F)c(Oc4cnc(N5CCOCC5)nc4)o3)(C1)C2. The van der Waals surface area contributed by atoms with Gasteiger partial charge in [-0.05, 0) is 19.3 Å². The molecule has 1 N–H and O–H groups in total. The van der Waals surface area contributed by atoms with E-state index in [1.165, 1.54) is 12.4 Å². The minimum atomic E-state index is -0.969. The minimum absolute atomic E-state index is 0.166. The maximum atomic E-state index is 14.1. The number of oxazole rings is 1. The van der Waals surface area contributed by atoms with Gasteiger partial charge in [0.1, 0.15) is 0 Å². The van der Waals surface area contributed by atoms with Gasteiger partial charge in [-0.25, -0.2) is 9.97 Å². The minimum Gasteiger partial charge on any atom is -0.419 e. The molecule has 2 bridgehead atoms. The van der Waals surface area contributed by atoms with Gasteiger partial charge in [0.05, 0.1) is 36.6 Å². The highest BCUT2D eigenvalue weighted by Crippen LogP contribution is 2.69. The molecule has 11 heteroatoms. The van der Waals surface area contributed by atoms with Crippen molar-refractivity contribution in [3.63, 3.8) is 0 Å². The zero-order valence-corrected chi connectivity index (χ0v) is 15.8. The van der Waals surface area contributed by atoms with Crippen molar-refractivity contribution in [3.05, 3.63) is 18.3 Å². The molecule has 0 aromatic carbocycles. The third-order valence-corrected chi connectivity index (χ3v) is 5.79. The first-order valence-electron chi connectivity index (χ1n) is 9.36. The summed E-state index contributed by atoms with van der Waals surface area (Å²) in [7, 11) is 1.64. The highest BCUT2D eigenvalue weighted by atomic mass is 19.1. The van der Waals surface area contributed by atoms with E-state index in [-0.39, 0.29) is 23.3 Å². The van der Waals surface area contributed by atoms with Crippen LogP contribution in [0.1, 0.15) is 19.3 Å². The van der Waals surface area contributed by atoms with Crippen molar-refractivity contribution in [3.8, 4) is 11.7 Å². The third kappa shape index (κ3) is 3.10. The Morgan fingerprint density at radius 1 is 1.24 bits per heavy atom. The Morgan fingerprint density at radius 3 is 2.59 bits per heavy atom. The summed E-state index contributed by atoms with van der Waals surface area (Å²) in [6.07, 6.45) is 4.80. The zero-order chi connectivity index (χ0) is 20.1. The van der Waals surface area contributed by atoms with Crippen molar-refractivity contribution < 1.29 is 27.8 Å². The number of aromatic nitrogens is 3. The Hall–Kier alpha value is -2.79. The quantitative estimate of drug-likeness (QED) is 0.768. The summed E-state index contributed by atoms with van der Waals surface area (Å²) in [6, 6.07) is -0.246. The Bertz CT molecular complexity index is 907. The molecule has 1 aliphatic heterocycles. The van der Waals surface area contributed by atoms with Gasteiger partial charge >= 0.3 is 12.0 Å². The molecule has 154 valence electrons. The van der Waals surface area contributed by atoms with E-state index < -0.39 is 17.3 Å². The van der Waals surface area contributed by atoms with Gasteiger partial charge in [-0.3, -0.25) is 10.1 Å². The molecule has 10 nitrogen and oxygen atoms in total. The van der Waals surface area contributed by atoms with Gasteiger partial charge in [-0.15, -0.1) is 0 Å². The summed E-state index contributed by atoms with van der Waals surface area (Å²) in [5, 5.41) is 2.52. The summed E-state index contributed by atoms with van der Waals surface area (Å²) < 4.78 is 35.3. The van der Waals surface area contributed by atoms with Crippen LogP contribution in [0, 0.1) is 11.4 Å². The second-order valence-corrected chi connectivity index (χ2v) is 7.67. The third-order valence-electron chi connectivity index (χ3n) is 5.79. The van der Waals surface area contributed by atoms with Crippen molar-refractivity contribution in [2.45, 2.75) is 24.9 Å². The zero-order valence-electron chi connectivity index (χ0n) is 15.8. The number of hydrogen-bond acceptors (Lipinski definition) is 9. The number of amides is 1. The Balaban J connectivity index is 1.21. The summed E-state index contributed by atoms with van der Waals surface area (Å²) >= 11 is 0. The lowest BCUT2D eigenvalue weighted by molar-refractivity contribution is -0.260. The Morgan fingerprint density at radius 2 is 1.93 bits per heavy atom. The molecule has 3 aliphatic carbocycles. The molecule has 1 amide bonds. The van der Waals surface area contributed by atoms with Crippen LogP contribution in [0.25, 0.3) is 0 Å². The van der Waals surface area contributed by atoms with Gasteiger partial charge in [0.15, 0.2) is 5.75 Å². The van der Waals surface area contributed by atoms with Crippen LogP contribution in [-0.2, 0) is 14.3 Å².